The minimum Gasteiger partial charge on any atom is -0.436 e. The molecule has 0 amide bonds. The topological polar surface area (TPSA) is 43.4 Å². The van der Waals surface area contributed by atoms with Crippen molar-refractivity contribution in [1.29, 1.82) is 0 Å². The third kappa shape index (κ3) is 3.34. The molecule has 0 saturated carbocycles. The largest absolute Gasteiger partial charge is 0.437 e. The van der Waals surface area contributed by atoms with Gasteiger partial charge in [-0.15, -0.1) is 0 Å². The van der Waals surface area contributed by atoms with Gasteiger partial charge < -0.3 is 4.74 Å². The van der Waals surface area contributed by atoms with Crippen molar-refractivity contribution in [2.75, 3.05) is 0 Å². The van der Waals surface area contributed by atoms with Crippen LogP contribution in [0.25, 0.3) is 0 Å². The van der Waals surface area contributed by atoms with E-state index in [2.05, 4.69) is 4.74 Å². The SMILES string of the molecule is CC(OC(=O)c1ccc(C=O)cc1)(C(F)(F)F)C(F)(F)F. The van der Waals surface area contributed by atoms with Crippen LogP contribution in [0.15, 0.2) is 24.3 Å². The predicted molar refractivity (Wildman–Crippen MR) is 57.8 cm³/mol. The van der Waals surface area contributed by atoms with Crippen LogP contribution in [0, 0.1) is 0 Å². The van der Waals surface area contributed by atoms with Crippen LogP contribution >= 0.6 is 0 Å². The van der Waals surface area contributed by atoms with Crippen molar-refractivity contribution in [3.8, 4) is 0 Å². The highest BCUT2D eigenvalue weighted by atomic mass is 19.4. The van der Waals surface area contributed by atoms with Crippen LogP contribution in [0.2, 0.25) is 0 Å². The van der Waals surface area contributed by atoms with Crippen LogP contribution in [0.3, 0.4) is 0 Å². The van der Waals surface area contributed by atoms with Gasteiger partial charge in [0.05, 0.1) is 5.56 Å². The molecule has 116 valence electrons. The van der Waals surface area contributed by atoms with Gasteiger partial charge in [0.25, 0.3) is 5.60 Å². The Bertz CT molecular complexity index is 515. The Kier molecular flexibility index (Phi) is 4.35. The molecule has 0 aromatic heterocycles. The standard InChI is InChI=1S/C12H8F6O3/c1-10(11(13,14)15,12(16,17)18)21-9(20)8-4-2-7(6-19)3-5-8/h2-6H,1H3. The van der Waals surface area contributed by atoms with E-state index >= 15 is 0 Å². The lowest BCUT2D eigenvalue weighted by Gasteiger charge is -2.33. The van der Waals surface area contributed by atoms with E-state index in [1.165, 1.54) is 0 Å². The monoisotopic (exact) mass is 314 g/mol. The highest BCUT2D eigenvalue weighted by Gasteiger charge is 2.71. The number of halogens is 6. The number of ether oxygens (including phenoxy) is 1. The Hall–Kier alpha value is -2.06. The third-order valence-corrected chi connectivity index (χ3v) is 2.66. The Balaban J connectivity index is 3.09. The van der Waals surface area contributed by atoms with E-state index < -0.39 is 29.5 Å². The number of aldehydes is 1. The second-order valence-corrected chi connectivity index (χ2v) is 4.16. The van der Waals surface area contributed by atoms with Crippen molar-refractivity contribution in [1.82, 2.24) is 0 Å². The van der Waals surface area contributed by atoms with E-state index in [-0.39, 0.29) is 12.5 Å². The van der Waals surface area contributed by atoms with E-state index in [9.17, 15) is 35.9 Å². The van der Waals surface area contributed by atoms with Crippen molar-refractivity contribution < 1.29 is 40.7 Å². The summed E-state index contributed by atoms with van der Waals surface area (Å²) in [6.07, 6.45) is -11.3. The summed E-state index contributed by atoms with van der Waals surface area (Å²) < 4.78 is 79.0. The minimum absolute atomic E-state index is 0.0981. The number of hydrogen-bond acceptors (Lipinski definition) is 3. The maximum atomic E-state index is 12.6. The molecule has 0 aliphatic heterocycles. The zero-order chi connectivity index (χ0) is 16.5. The third-order valence-electron chi connectivity index (χ3n) is 2.66. The Morgan fingerprint density at radius 3 is 1.76 bits per heavy atom. The highest BCUT2D eigenvalue weighted by Crippen LogP contribution is 2.45. The smallest absolute Gasteiger partial charge is 0.436 e. The predicted octanol–water partition coefficient (Wildman–Crippen LogP) is 3.54. The average molecular weight is 314 g/mol. The van der Waals surface area contributed by atoms with Crippen LogP contribution in [-0.2, 0) is 4.74 Å². The fourth-order valence-corrected chi connectivity index (χ4v) is 1.22. The van der Waals surface area contributed by atoms with Gasteiger partial charge in [0, 0.05) is 5.56 Å². The number of hydrogen-bond donors (Lipinski definition) is 0. The lowest BCUT2D eigenvalue weighted by atomic mass is 10.1. The van der Waals surface area contributed by atoms with E-state index in [0.717, 1.165) is 24.3 Å². The normalized spacial score (nSPS) is 12.9. The van der Waals surface area contributed by atoms with E-state index in [1.54, 1.807) is 0 Å². The maximum Gasteiger partial charge on any atom is 0.437 e. The van der Waals surface area contributed by atoms with Crippen LogP contribution in [0.5, 0.6) is 0 Å². The van der Waals surface area contributed by atoms with Gasteiger partial charge in [-0.2, -0.15) is 26.3 Å². The number of carbonyl (C=O) groups excluding carboxylic acids is 2. The van der Waals surface area contributed by atoms with Gasteiger partial charge in [0.1, 0.15) is 6.29 Å². The van der Waals surface area contributed by atoms with E-state index in [1.807, 2.05) is 0 Å². The van der Waals surface area contributed by atoms with Crippen LogP contribution in [-0.4, -0.2) is 30.2 Å². The number of esters is 1. The highest BCUT2D eigenvalue weighted by molar-refractivity contribution is 5.90. The van der Waals surface area contributed by atoms with Gasteiger partial charge in [0.15, 0.2) is 0 Å². The van der Waals surface area contributed by atoms with Crippen molar-refractivity contribution in [3.05, 3.63) is 35.4 Å². The summed E-state index contributed by atoms with van der Waals surface area (Å²) in [6, 6.07) is 3.89. The van der Waals surface area contributed by atoms with Crippen molar-refractivity contribution >= 4 is 12.3 Å². The molecular weight excluding hydrogens is 306 g/mol. The van der Waals surface area contributed by atoms with Gasteiger partial charge in [-0.05, 0) is 19.1 Å². The first-order valence-corrected chi connectivity index (χ1v) is 5.34. The summed E-state index contributed by atoms with van der Waals surface area (Å²) in [5, 5.41) is 0. The summed E-state index contributed by atoms with van der Waals surface area (Å²) in [7, 11) is 0. The number of alkyl halides is 6. The van der Waals surface area contributed by atoms with E-state index in [4.69, 9.17) is 0 Å². The molecule has 0 bridgehead atoms. The first-order chi connectivity index (χ1) is 9.42. The zero-order valence-corrected chi connectivity index (χ0v) is 10.4. The lowest BCUT2D eigenvalue weighted by Crippen LogP contribution is -2.57. The second-order valence-electron chi connectivity index (χ2n) is 4.16. The Labute approximate surface area is 114 Å². The van der Waals surface area contributed by atoms with Crippen molar-refractivity contribution in [2.24, 2.45) is 0 Å². The van der Waals surface area contributed by atoms with Crippen LogP contribution in [0.1, 0.15) is 27.6 Å². The summed E-state index contributed by atoms with van der Waals surface area (Å²) in [4.78, 5) is 21.8. The molecule has 21 heavy (non-hydrogen) atoms. The molecule has 0 N–H and O–H groups in total. The van der Waals surface area contributed by atoms with Gasteiger partial charge in [-0.3, -0.25) is 4.79 Å². The molecule has 0 spiro atoms. The molecule has 0 saturated heterocycles. The summed E-state index contributed by atoms with van der Waals surface area (Å²) in [5.74, 6) is -1.80. The molecule has 1 rings (SSSR count). The summed E-state index contributed by atoms with van der Waals surface area (Å²) in [5.41, 5.74) is -5.07. The van der Waals surface area contributed by atoms with Crippen LogP contribution < -0.4 is 0 Å². The molecular formula is C12H8F6O3. The fraction of sp³-hybridized carbons (Fsp3) is 0.333. The van der Waals surface area contributed by atoms with Gasteiger partial charge in [-0.25, -0.2) is 4.79 Å². The molecule has 0 aliphatic carbocycles. The van der Waals surface area contributed by atoms with Crippen molar-refractivity contribution in [3.63, 3.8) is 0 Å². The molecule has 0 heterocycles. The summed E-state index contributed by atoms with van der Waals surface area (Å²) >= 11 is 0. The van der Waals surface area contributed by atoms with Gasteiger partial charge in [-0.1, -0.05) is 12.1 Å². The fourth-order valence-electron chi connectivity index (χ4n) is 1.22. The Morgan fingerprint density at radius 2 is 1.43 bits per heavy atom. The average Bonchev–Trinajstić information content (AvgIpc) is 2.36. The molecule has 3 nitrogen and oxygen atoms in total. The van der Waals surface area contributed by atoms with Gasteiger partial charge in [0.2, 0.25) is 0 Å². The molecule has 0 aliphatic rings. The minimum atomic E-state index is -5.83. The zero-order valence-electron chi connectivity index (χ0n) is 10.4. The lowest BCUT2D eigenvalue weighted by molar-refractivity contribution is -0.358. The molecule has 0 fully saturated rings. The van der Waals surface area contributed by atoms with Crippen LogP contribution in [0.4, 0.5) is 26.3 Å². The maximum absolute atomic E-state index is 12.6. The molecule has 0 atom stereocenters. The molecule has 0 unspecified atom stereocenters. The first kappa shape index (κ1) is 17.0. The number of benzene rings is 1. The van der Waals surface area contributed by atoms with Crippen molar-refractivity contribution in [2.45, 2.75) is 24.9 Å². The summed E-state index contributed by atoms with van der Waals surface area (Å²) in [6.45, 7) is -0.273. The van der Waals surface area contributed by atoms with Gasteiger partial charge >= 0.3 is 18.3 Å². The quantitative estimate of drug-likeness (QED) is 0.487. The number of rotatable bonds is 3. The molecule has 9 heteroatoms. The van der Waals surface area contributed by atoms with E-state index in [0.29, 0.717) is 6.29 Å². The Morgan fingerprint density at radius 1 is 1.00 bits per heavy atom. The molecule has 1 aromatic rings. The first-order valence-electron chi connectivity index (χ1n) is 5.34. The number of carbonyl (C=O) groups is 2. The second kappa shape index (κ2) is 5.38. The molecule has 1 aromatic carbocycles. The molecule has 0 radical (unpaired) electrons.